The maximum Gasteiger partial charge on any atom is 0.240 e. The lowest BCUT2D eigenvalue weighted by Crippen LogP contribution is -2.23. The van der Waals surface area contributed by atoms with Crippen LogP contribution in [0.5, 0.6) is 0 Å². The minimum atomic E-state index is -3.64. The molecule has 2 aromatic carbocycles. The normalized spacial score (nSPS) is 11.6. The number of hydrogen-bond acceptors (Lipinski definition) is 2. The second kappa shape index (κ2) is 6.03. The third-order valence-corrected chi connectivity index (χ3v) is 4.65. The Labute approximate surface area is 126 Å². The van der Waals surface area contributed by atoms with E-state index in [1.165, 1.54) is 12.1 Å². The minimum Gasteiger partial charge on any atom is -0.207 e. The van der Waals surface area contributed by atoms with Gasteiger partial charge in [-0.3, -0.25) is 0 Å². The first-order valence-electron chi connectivity index (χ1n) is 5.89. The van der Waals surface area contributed by atoms with Crippen LogP contribution < -0.4 is 4.72 Å². The van der Waals surface area contributed by atoms with Crippen LogP contribution in [0, 0.1) is 12.7 Å². The van der Waals surface area contributed by atoms with Crippen LogP contribution >= 0.6 is 15.9 Å². The Hall–Kier alpha value is -1.24. The Morgan fingerprint density at radius 1 is 1.20 bits per heavy atom. The van der Waals surface area contributed by atoms with E-state index in [1.54, 1.807) is 24.3 Å². The first-order valence-corrected chi connectivity index (χ1v) is 8.16. The molecular formula is C14H13BrFNO2S. The van der Waals surface area contributed by atoms with Crippen molar-refractivity contribution in [1.29, 1.82) is 0 Å². The lowest BCUT2D eigenvalue weighted by molar-refractivity contribution is 0.574. The highest BCUT2D eigenvalue weighted by atomic mass is 79.9. The summed E-state index contributed by atoms with van der Waals surface area (Å²) in [6.07, 6.45) is 0. The summed E-state index contributed by atoms with van der Waals surface area (Å²) in [6, 6.07) is 11.0. The third kappa shape index (κ3) is 3.65. The molecule has 0 amide bonds. The molecule has 0 spiro atoms. The number of benzene rings is 2. The number of sulfonamides is 1. The van der Waals surface area contributed by atoms with Crippen LogP contribution in [0.4, 0.5) is 4.39 Å². The van der Waals surface area contributed by atoms with Gasteiger partial charge in [0.05, 0.1) is 4.90 Å². The van der Waals surface area contributed by atoms with Crippen LogP contribution in [-0.4, -0.2) is 8.42 Å². The van der Waals surface area contributed by atoms with Gasteiger partial charge in [-0.25, -0.2) is 17.5 Å². The lowest BCUT2D eigenvalue weighted by Gasteiger charge is -2.08. The van der Waals surface area contributed by atoms with E-state index in [-0.39, 0.29) is 17.0 Å². The summed E-state index contributed by atoms with van der Waals surface area (Å²) >= 11 is 3.23. The van der Waals surface area contributed by atoms with Crippen molar-refractivity contribution < 1.29 is 12.8 Å². The first kappa shape index (κ1) is 15.2. The molecule has 6 heteroatoms. The van der Waals surface area contributed by atoms with Gasteiger partial charge in [-0.1, -0.05) is 28.1 Å². The van der Waals surface area contributed by atoms with Gasteiger partial charge in [-0.15, -0.1) is 0 Å². The number of rotatable bonds is 4. The standard InChI is InChI=1S/C14H13BrFNO2S/c1-10-3-2-4-13(7-10)20(18,19)17-9-11-8-12(15)5-6-14(11)16/h2-8,17H,9H2,1H3. The average molecular weight is 358 g/mol. The van der Waals surface area contributed by atoms with Crippen molar-refractivity contribution in [2.45, 2.75) is 18.4 Å². The topological polar surface area (TPSA) is 46.2 Å². The molecule has 0 atom stereocenters. The largest absolute Gasteiger partial charge is 0.240 e. The highest BCUT2D eigenvalue weighted by Crippen LogP contribution is 2.17. The van der Waals surface area contributed by atoms with Crippen LogP contribution in [0.2, 0.25) is 0 Å². The Morgan fingerprint density at radius 2 is 1.95 bits per heavy atom. The smallest absolute Gasteiger partial charge is 0.207 e. The quantitative estimate of drug-likeness (QED) is 0.911. The van der Waals surface area contributed by atoms with Gasteiger partial charge in [-0.2, -0.15) is 0 Å². The summed E-state index contributed by atoms with van der Waals surface area (Å²) in [7, 11) is -3.64. The summed E-state index contributed by atoms with van der Waals surface area (Å²) in [5, 5.41) is 0. The second-order valence-corrected chi connectivity index (χ2v) is 7.06. The molecule has 20 heavy (non-hydrogen) atoms. The van der Waals surface area contributed by atoms with E-state index in [0.29, 0.717) is 4.47 Å². The molecule has 0 saturated carbocycles. The van der Waals surface area contributed by atoms with Gasteiger partial charge >= 0.3 is 0 Å². The Kier molecular flexibility index (Phi) is 4.57. The van der Waals surface area contributed by atoms with Crippen LogP contribution in [0.15, 0.2) is 51.8 Å². The second-order valence-electron chi connectivity index (χ2n) is 4.38. The van der Waals surface area contributed by atoms with Crippen molar-refractivity contribution in [3.05, 3.63) is 63.9 Å². The van der Waals surface area contributed by atoms with Gasteiger partial charge in [0.2, 0.25) is 10.0 Å². The van der Waals surface area contributed by atoms with E-state index in [4.69, 9.17) is 0 Å². The number of nitrogens with one attached hydrogen (secondary N) is 1. The molecule has 0 aliphatic carbocycles. The summed E-state index contributed by atoms with van der Waals surface area (Å²) in [5.74, 6) is -0.444. The van der Waals surface area contributed by atoms with Gasteiger partial charge in [0.1, 0.15) is 5.82 Å². The zero-order chi connectivity index (χ0) is 14.8. The molecule has 0 bridgehead atoms. The van der Waals surface area contributed by atoms with Crippen molar-refractivity contribution in [1.82, 2.24) is 4.72 Å². The summed E-state index contributed by atoms with van der Waals surface area (Å²) in [6.45, 7) is 1.72. The zero-order valence-electron chi connectivity index (χ0n) is 10.7. The van der Waals surface area contributed by atoms with Crippen LogP contribution in [0.25, 0.3) is 0 Å². The lowest BCUT2D eigenvalue weighted by atomic mass is 10.2. The molecule has 2 aromatic rings. The molecule has 1 N–H and O–H groups in total. The van der Waals surface area contributed by atoms with Crippen LogP contribution in [0.1, 0.15) is 11.1 Å². The summed E-state index contributed by atoms with van der Waals surface area (Å²) in [5.41, 5.74) is 1.14. The Morgan fingerprint density at radius 3 is 2.65 bits per heavy atom. The molecule has 106 valence electrons. The highest BCUT2D eigenvalue weighted by molar-refractivity contribution is 9.10. The molecule has 0 radical (unpaired) electrons. The van der Waals surface area contributed by atoms with E-state index in [0.717, 1.165) is 5.56 Å². The molecule has 0 aliphatic heterocycles. The number of hydrogen-bond donors (Lipinski definition) is 1. The third-order valence-electron chi connectivity index (χ3n) is 2.76. The highest BCUT2D eigenvalue weighted by Gasteiger charge is 2.14. The van der Waals surface area contributed by atoms with E-state index < -0.39 is 15.8 Å². The van der Waals surface area contributed by atoms with E-state index in [9.17, 15) is 12.8 Å². The molecule has 0 fully saturated rings. The van der Waals surface area contributed by atoms with Crippen molar-refractivity contribution >= 4 is 26.0 Å². The summed E-state index contributed by atoms with van der Waals surface area (Å²) < 4.78 is 40.9. The van der Waals surface area contributed by atoms with Crippen molar-refractivity contribution in [3.63, 3.8) is 0 Å². The molecule has 0 aliphatic rings. The van der Waals surface area contributed by atoms with Gasteiger partial charge < -0.3 is 0 Å². The predicted molar refractivity (Wildman–Crippen MR) is 79.3 cm³/mol. The van der Waals surface area contributed by atoms with Gasteiger partial charge in [-0.05, 0) is 42.8 Å². The Bertz CT molecular complexity index is 732. The molecule has 0 unspecified atom stereocenters. The van der Waals surface area contributed by atoms with Crippen molar-refractivity contribution in [2.24, 2.45) is 0 Å². The van der Waals surface area contributed by atoms with Gasteiger partial charge in [0.25, 0.3) is 0 Å². The predicted octanol–water partition coefficient (Wildman–Crippen LogP) is 3.38. The molecule has 2 rings (SSSR count). The monoisotopic (exact) mass is 357 g/mol. The fourth-order valence-electron chi connectivity index (χ4n) is 1.72. The molecular weight excluding hydrogens is 345 g/mol. The van der Waals surface area contributed by atoms with E-state index in [2.05, 4.69) is 20.7 Å². The maximum absolute atomic E-state index is 13.6. The minimum absolute atomic E-state index is 0.0957. The molecule has 0 aromatic heterocycles. The fraction of sp³-hybridized carbons (Fsp3) is 0.143. The SMILES string of the molecule is Cc1cccc(S(=O)(=O)NCc2cc(Br)ccc2F)c1. The van der Waals surface area contributed by atoms with Crippen molar-refractivity contribution in [2.75, 3.05) is 0 Å². The van der Waals surface area contributed by atoms with Gasteiger partial charge in [0.15, 0.2) is 0 Å². The van der Waals surface area contributed by atoms with Crippen LogP contribution in [-0.2, 0) is 16.6 Å². The molecule has 0 heterocycles. The summed E-state index contributed by atoms with van der Waals surface area (Å²) in [4.78, 5) is 0.174. The molecule has 3 nitrogen and oxygen atoms in total. The molecule has 0 saturated heterocycles. The van der Waals surface area contributed by atoms with E-state index >= 15 is 0 Å². The average Bonchev–Trinajstić information content (AvgIpc) is 2.40. The van der Waals surface area contributed by atoms with Crippen LogP contribution in [0.3, 0.4) is 0 Å². The fourth-order valence-corrected chi connectivity index (χ4v) is 3.24. The maximum atomic E-state index is 13.6. The van der Waals surface area contributed by atoms with Crippen molar-refractivity contribution in [3.8, 4) is 0 Å². The van der Waals surface area contributed by atoms with E-state index in [1.807, 2.05) is 13.0 Å². The zero-order valence-corrected chi connectivity index (χ0v) is 13.1. The number of halogens is 2. The number of aryl methyl sites for hydroxylation is 1. The van der Waals surface area contributed by atoms with Gasteiger partial charge in [0, 0.05) is 16.6 Å². The Balaban J connectivity index is 2.19. The first-order chi connectivity index (χ1) is 9.38.